The molecule has 0 fully saturated rings. The number of carbonyl (C=O) groups is 3. The van der Waals surface area contributed by atoms with E-state index in [1.54, 1.807) is 24.3 Å². The summed E-state index contributed by atoms with van der Waals surface area (Å²) >= 11 is 1.17. The van der Waals surface area contributed by atoms with Gasteiger partial charge < -0.3 is 19.9 Å². The predicted octanol–water partition coefficient (Wildman–Crippen LogP) is 4.23. The second-order valence-electron chi connectivity index (χ2n) is 7.62. The van der Waals surface area contributed by atoms with Crippen LogP contribution in [0, 0.1) is 0 Å². The third-order valence-corrected chi connectivity index (χ3v) is 6.10. The van der Waals surface area contributed by atoms with E-state index in [1.165, 1.54) is 49.0 Å². The van der Waals surface area contributed by atoms with Gasteiger partial charge in [-0.25, -0.2) is 4.79 Å². The van der Waals surface area contributed by atoms with Crippen molar-refractivity contribution in [1.82, 2.24) is 0 Å². The summed E-state index contributed by atoms with van der Waals surface area (Å²) in [6.07, 6.45) is 0. The van der Waals surface area contributed by atoms with Crippen LogP contribution in [-0.4, -0.2) is 39.4 Å². The van der Waals surface area contributed by atoms with Crippen molar-refractivity contribution >= 4 is 46.1 Å². The number of anilines is 1. The monoisotopic (exact) mass is 477 g/mol. The van der Waals surface area contributed by atoms with Crippen molar-refractivity contribution in [3.63, 3.8) is 0 Å². The molecule has 1 aliphatic heterocycles. The largest absolute Gasteiger partial charge is 0.508 e. The van der Waals surface area contributed by atoms with E-state index >= 15 is 0 Å². The summed E-state index contributed by atoms with van der Waals surface area (Å²) in [7, 11) is 0. The summed E-state index contributed by atoms with van der Waals surface area (Å²) < 4.78 is 5.81. The molecule has 0 bridgehead atoms. The molecule has 9 heteroatoms. The van der Waals surface area contributed by atoms with Crippen molar-refractivity contribution in [1.29, 1.82) is 0 Å². The maximum absolute atomic E-state index is 12.2. The molecule has 1 heterocycles. The second kappa shape index (κ2) is 9.40. The van der Waals surface area contributed by atoms with Crippen LogP contribution in [0.3, 0.4) is 0 Å². The number of fused-ring (bicyclic) bond motifs is 2. The Bertz CT molecular complexity index is 1470. The number of carbonyl (C=O) groups excluding carboxylic acids is 2. The fourth-order valence-corrected chi connectivity index (χ4v) is 4.30. The van der Waals surface area contributed by atoms with Crippen LogP contribution in [-0.2, 0) is 9.59 Å². The highest BCUT2D eigenvalue weighted by Crippen LogP contribution is 2.42. The Labute approximate surface area is 197 Å². The molecule has 0 radical (unpaired) electrons. The number of phenols is 1. The van der Waals surface area contributed by atoms with E-state index in [2.05, 4.69) is 5.32 Å². The molecule has 0 atom stereocenters. The number of carboxylic acids is 1. The fraction of sp³-hybridized carbons (Fsp3) is 0.120. The van der Waals surface area contributed by atoms with Crippen molar-refractivity contribution in [2.24, 2.45) is 0 Å². The van der Waals surface area contributed by atoms with E-state index in [0.717, 1.165) is 0 Å². The summed E-state index contributed by atoms with van der Waals surface area (Å²) in [6, 6.07) is 13.2. The first-order valence-electron chi connectivity index (χ1n) is 10.2. The molecule has 8 nitrogen and oxygen atoms in total. The van der Waals surface area contributed by atoms with Crippen LogP contribution in [0.15, 0.2) is 63.8 Å². The third kappa shape index (κ3) is 4.79. The molecule has 4 rings (SSSR count). The van der Waals surface area contributed by atoms with Crippen molar-refractivity contribution in [2.75, 3.05) is 16.8 Å². The Hall–Kier alpha value is -4.11. The van der Waals surface area contributed by atoms with E-state index in [9.17, 15) is 29.4 Å². The second-order valence-corrected chi connectivity index (χ2v) is 8.61. The number of carboxylic acid groups (broad SMARTS) is 1. The van der Waals surface area contributed by atoms with Gasteiger partial charge in [0.15, 0.2) is 5.43 Å². The quantitative estimate of drug-likeness (QED) is 0.337. The van der Waals surface area contributed by atoms with Gasteiger partial charge in [-0.05, 0) is 48.9 Å². The number of nitrogens with one attached hydrogen (secondary N) is 1. The maximum Gasteiger partial charge on any atom is 0.336 e. The normalized spacial score (nSPS) is 11.0. The highest BCUT2D eigenvalue weighted by atomic mass is 32.2. The van der Waals surface area contributed by atoms with Gasteiger partial charge in [-0.15, -0.1) is 11.8 Å². The number of ketones is 1. The molecule has 2 aliphatic rings. The van der Waals surface area contributed by atoms with Crippen LogP contribution in [0.25, 0.3) is 33.4 Å². The van der Waals surface area contributed by atoms with Gasteiger partial charge in [0.1, 0.15) is 22.9 Å². The van der Waals surface area contributed by atoms with Gasteiger partial charge in [0.2, 0.25) is 5.91 Å². The van der Waals surface area contributed by atoms with Gasteiger partial charge in [0.05, 0.1) is 17.1 Å². The van der Waals surface area contributed by atoms with E-state index in [0.29, 0.717) is 27.8 Å². The maximum atomic E-state index is 12.2. The number of amides is 1. The molecule has 34 heavy (non-hydrogen) atoms. The SMILES string of the molecule is CC(=O)CSCC(=O)Nc1ccc(-c2c3ccc(=O)cc-3oc3cc(O)ccc23)c(C(=O)O)c1. The number of phenolic OH excluding ortho intramolecular Hbond substituents is 1. The van der Waals surface area contributed by atoms with Crippen LogP contribution in [0.5, 0.6) is 5.75 Å². The van der Waals surface area contributed by atoms with Gasteiger partial charge in [-0.1, -0.05) is 6.07 Å². The topological polar surface area (TPSA) is 134 Å². The first-order chi connectivity index (χ1) is 16.2. The minimum atomic E-state index is -1.21. The van der Waals surface area contributed by atoms with Crippen LogP contribution >= 0.6 is 11.8 Å². The lowest BCUT2D eigenvalue weighted by atomic mass is 9.90. The lowest BCUT2D eigenvalue weighted by Crippen LogP contribution is -2.15. The van der Waals surface area contributed by atoms with Gasteiger partial charge in [-0.3, -0.25) is 14.4 Å². The number of aromatic hydroxyl groups is 1. The van der Waals surface area contributed by atoms with Crippen LogP contribution in [0.4, 0.5) is 5.69 Å². The highest BCUT2D eigenvalue weighted by molar-refractivity contribution is 8.00. The molecule has 0 aromatic heterocycles. The summed E-state index contributed by atoms with van der Waals surface area (Å²) in [5.74, 6) is -1.13. The molecule has 2 aromatic carbocycles. The lowest BCUT2D eigenvalue weighted by molar-refractivity contribution is -0.114. The predicted molar refractivity (Wildman–Crippen MR) is 130 cm³/mol. The summed E-state index contributed by atoms with van der Waals surface area (Å²) in [5.41, 5.74) is 1.63. The molecule has 3 N–H and O–H groups in total. The molecule has 0 saturated carbocycles. The van der Waals surface area contributed by atoms with Crippen molar-refractivity contribution < 1.29 is 29.0 Å². The van der Waals surface area contributed by atoms with Crippen molar-refractivity contribution in [3.8, 4) is 28.2 Å². The summed E-state index contributed by atoms with van der Waals surface area (Å²) in [6.45, 7) is 1.44. The van der Waals surface area contributed by atoms with E-state index in [-0.39, 0.29) is 51.3 Å². The number of rotatable bonds is 7. The summed E-state index contributed by atoms with van der Waals surface area (Å²) in [4.78, 5) is 47.3. The molecule has 1 aliphatic carbocycles. The first-order valence-corrected chi connectivity index (χ1v) is 11.3. The first kappa shape index (κ1) is 23.1. The Kier molecular flexibility index (Phi) is 6.38. The number of hydrogen-bond donors (Lipinski definition) is 3. The lowest BCUT2D eigenvalue weighted by Gasteiger charge is -2.17. The van der Waals surface area contributed by atoms with Crippen LogP contribution in [0.2, 0.25) is 0 Å². The van der Waals surface area contributed by atoms with Crippen LogP contribution < -0.4 is 10.7 Å². The number of Topliss-reactive ketones (excluding diaryl/α,β-unsaturated/α-hetero) is 1. The minimum absolute atomic E-state index is 0.0400. The minimum Gasteiger partial charge on any atom is -0.508 e. The van der Waals surface area contributed by atoms with E-state index in [1.807, 2.05) is 0 Å². The Balaban J connectivity index is 1.83. The smallest absolute Gasteiger partial charge is 0.336 e. The Morgan fingerprint density at radius 1 is 0.971 bits per heavy atom. The summed E-state index contributed by atoms with van der Waals surface area (Å²) in [5, 5.41) is 23.0. The standard InChI is InChI=1S/C25H19NO7S/c1-13(27)11-34-12-23(30)26-14-2-5-17(20(8-14)25(31)32)24-18-6-3-15(28)9-21(18)33-22-10-16(29)4-7-19(22)24/h2-10,28H,11-12H2,1H3,(H,26,30)(H,31,32). The van der Waals surface area contributed by atoms with Gasteiger partial charge in [0.25, 0.3) is 0 Å². The van der Waals surface area contributed by atoms with Gasteiger partial charge in [0, 0.05) is 34.3 Å². The average Bonchev–Trinajstić information content (AvgIpc) is 2.77. The van der Waals surface area contributed by atoms with Gasteiger partial charge in [-0.2, -0.15) is 0 Å². The number of thioether (sulfide) groups is 1. The molecule has 2 aromatic rings. The average molecular weight is 477 g/mol. The molecule has 0 unspecified atom stereocenters. The van der Waals surface area contributed by atoms with Crippen molar-refractivity contribution in [3.05, 3.63) is 70.4 Å². The molecule has 1 amide bonds. The third-order valence-electron chi connectivity index (χ3n) is 5.02. The zero-order valence-corrected chi connectivity index (χ0v) is 18.8. The fourth-order valence-electron chi connectivity index (χ4n) is 3.65. The molecule has 0 saturated heterocycles. The number of benzene rings is 3. The Morgan fingerprint density at radius 2 is 1.74 bits per heavy atom. The van der Waals surface area contributed by atoms with Crippen molar-refractivity contribution in [2.45, 2.75) is 6.92 Å². The molecule has 0 spiro atoms. The Morgan fingerprint density at radius 3 is 2.47 bits per heavy atom. The molecular formula is C25H19NO7S. The van der Waals surface area contributed by atoms with Gasteiger partial charge >= 0.3 is 5.97 Å². The van der Waals surface area contributed by atoms with E-state index < -0.39 is 5.97 Å². The molecular weight excluding hydrogens is 458 g/mol. The zero-order chi connectivity index (χ0) is 24.4. The zero-order valence-electron chi connectivity index (χ0n) is 18.0. The van der Waals surface area contributed by atoms with E-state index in [4.69, 9.17) is 4.42 Å². The molecule has 172 valence electrons. The number of aromatic carboxylic acids is 1. The van der Waals surface area contributed by atoms with Crippen LogP contribution in [0.1, 0.15) is 17.3 Å². The number of hydrogen-bond acceptors (Lipinski definition) is 7. The highest BCUT2D eigenvalue weighted by Gasteiger charge is 2.22.